The standard InChI is InChI=1S/C25H29N5O/c1-17-8-9-20(10-18(17)2)13-29-14-21-11-23-27-28-24(30(23)16-22(21)15-29)25(31)26-12-19-6-4-3-5-7-19/h3-10,21-22H,11-16H2,1-2H3,(H,26,31)/t21-,22-/m0/s1. The molecule has 3 aromatic rings. The Morgan fingerprint density at radius 1 is 0.968 bits per heavy atom. The zero-order chi connectivity index (χ0) is 21.4. The number of amides is 1. The van der Waals surface area contributed by atoms with E-state index in [0.29, 0.717) is 24.2 Å². The molecule has 2 aliphatic heterocycles. The highest BCUT2D eigenvalue weighted by Gasteiger charge is 2.39. The third kappa shape index (κ3) is 4.12. The summed E-state index contributed by atoms with van der Waals surface area (Å²) in [6.45, 7) is 8.78. The molecule has 2 aromatic carbocycles. The Morgan fingerprint density at radius 3 is 2.58 bits per heavy atom. The molecule has 0 radical (unpaired) electrons. The van der Waals surface area contributed by atoms with Gasteiger partial charge in [0.25, 0.3) is 5.91 Å². The van der Waals surface area contributed by atoms with Gasteiger partial charge in [-0.15, -0.1) is 10.2 Å². The summed E-state index contributed by atoms with van der Waals surface area (Å²) in [4.78, 5) is 15.3. The van der Waals surface area contributed by atoms with Crippen LogP contribution < -0.4 is 5.32 Å². The number of aromatic nitrogens is 3. The van der Waals surface area contributed by atoms with Crippen LogP contribution in [0.2, 0.25) is 0 Å². The molecule has 6 nitrogen and oxygen atoms in total. The number of nitrogens with zero attached hydrogens (tertiary/aromatic N) is 4. The summed E-state index contributed by atoms with van der Waals surface area (Å²) in [5.41, 5.74) is 5.15. The predicted molar refractivity (Wildman–Crippen MR) is 120 cm³/mol. The minimum atomic E-state index is -0.147. The third-order valence-corrected chi connectivity index (χ3v) is 6.82. The Kier molecular flexibility index (Phi) is 5.32. The number of rotatable bonds is 5. The maximum Gasteiger partial charge on any atom is 0.289 e. The number of aryl methyl sites for hydroxylation is 2. The van der Waals surface area contributed by atoms with E-state index in [2.05, 4.69) is 52.5 Å². The normalized spacial score (nSPS) is 20.3. The zero-order valence-electron chi connectivity index (χ0n) is 18.2. The number of carbonyl (C=O) groups excluding carboxylic acids is 1. The molecular formula is C25H29N5O. The Labute approximate surface area is 183 Å². The SMILES string of the molecule is Cc1ccc(CN2C[C@@H]3Cc4nnc(C(=O)NCc5ccccc5)n4C[C@@H]3C2)cc1C. The summed E-state index contributed by atoms with van der Waals surface area (Å²) in [6, 6.07) is 16.7. The molecule has 0 spiro atoms. The number of likely N-dealkylation sites (tertiary alicyclic amines) is 1. The molecule has 160 valence electrons. The van der Waals surface area contributed by atoms with Crippen LogP contribution in [0.4, 0.5) is 0 Å². The number of hydrogen-bond acceptors (Lipinski definition) is 4. The van der Waals surface area contributed by atoms with Gasteiger partial charge in [0.1, 0.15) is 5.82 Å². The van der Waals surface area contributed by atoms with Gasteiger partial charge in [-0.3, -0.25) is 9.69 Å². The van der Waals surface area contributed by atoms with E-state index >= 15 is 0 Å². The first-order chi connectivity index (χ1) is 15.1. The van der Waals surface area contributed by atoms with Crippen molar-refractivity contribution in [1.29, 1.82) is 0 Å². The van der Waals surface area contributed by atoms with E-state index in [1.54, 1.807) is 0 Å². The fraction of sp³-hybridized carbons (Fsp3) is 0.400. The van der Waals surface area contributed by atoms with Crippen LogP contribution >= 0.6 is 0 Å². The Morgan fingerprint density at radius 2 is 1.77 bits per heavy atom. The summed E-state index contributed by atoms with van der Waals surface area (Å²) >= 11 is 0. The Balaban J connectivity index is 1.23. The van der Waals surface area contributed by atoms with Crippen LogP contribution in [0.1, 0.15) is 38.7 Å². The van der Waals surface area contributed by atoms with Crippen molar-refractivity contribution in [2.24, 2.45) is 11.8 Å². The predicted octanol–water partition coefficient (Wildman–Crippen LogP) is 3.13. The smallest absolute Gasteiger partial charge is 0.289 e. The van der Waals surface area contributed by atoms with Crippen LogP contribution in [0.3, 0.4) is 0 Å². The highest BCUT2D eigenvalue weighted by molar-refractivity contribution is 5.90. The molecule has 6 heteroatoms. The lowest BCUT2D eigenvalue weighted by Crippen LogP contribution is -2.32. The second kappa shape index (κ2) is 8.27. The number of fused-ring (bicyclic) bond motifs is 2. The summed E-state index contributed by atoms with van der Waals surface area (Å²) in [6.07, 6.45) is 0.896. The Bertz CT molecular complexity index is 1090. The van der Waals surface area contributed by atoms with Crippen molar-refractivity contribution in [2.45, 2.75) is 39.9 Å². The van der Waals surface area contributed by atoms with Gasteiger partial charge in [-0.05, 0) is 47.9 Å². The van der Waals surface area contributed by atoms with Crippen LogP contribution in [-0.2, 0) is 26.1 Å². The summed E-state index contributed by atoms with van der Waals surface area (Å²) < 4.78 is 2.04. The van der Waals surface area contributed by atoms with E-state index in [1.165, 1.54) is 16.7 Å². The summed E-state index contributed by atoms with van der Waals surface area (Å²) in [7, 11) is 0. The Hall–Kier alpha value is -2.99. The van der Waals surface area contributed by atoms with Crippen molar-refractivity contribution in [3.8, 4) is 0 Å². The van der Waals surface area contributed by atoms with Gasteiger partial charge in [-0.25, -0.2) is 0 Å². The lowest BCUT2D eigenvalue weighted by molar-refractivity contribution is 0.0932. The molecule has 1 fully saturated rings. The topological polar surface area (TPSA) is 63.1 Å². The average Bonchev–Trinajstić information content (AvgIpc) is 3.36. The molecule has 3 heterocycles. The van der Waals surface area contributed by atoms with Crippen molar-refractivity contribution in [3.63, 3.8) is 0 Å². The fourth-order valence-electron chi connectivity index (χ4n) is 4.94. The van der Waals surface area contributed by atoms with Crippen molar-refractivity contribution < 1.29 is 4.79 Å². The van der Waals surface area contributed by atoms with E-state index in [9.17, 15) is 4.79 Å². The number of carbonyl (C=O) groups is 1. The van der Waals surface area contributed by atoms with Gasteiger partial charge in [-0.1, -0.05) is 48.5 Å². The number of benzene rings is 2. The van der Waals surface area contributed by atoms with E-state index in [4.69, 9.17) is 0 Å². The molecule has 5 rings (SSSR count). The first-order valence-corrected chi connectivity index (χ1v) is 11.1. The number of hydrogen-bond donors (Lipinski definition) is 1. The molecular weight excluding hydrogens is 386 g/mol. The van der Waals surface area contributed by atoms with Gasteiger partial charge >= 0.3 is 0 Å². The van der Waals surface area contributed by atoms with Gasteiger partial charge < -0.3 is 9.88 Å². The van der Waals surface area contributed by atoms with Crippen molar-refractivity contribution in [1.82, 2.24) is 25.0 Å². The lowest BCUT2D eigenvalue weighted by Gasteiger charge is -2.25. The van der Waals surface area contributed by atoms with Gasteiger partial charge in [0.2, 0.25) is 5.82 Å². The van der Waals surface area contributed by atoms with Gasteiger partial charge in [0.15, 0.2) is 0 Å². The lowest BCUT2D eigenvalue weighted by atomic mass is 9.89. The first-order valence-electron chi connectivity index (χ1n) is 11.1. The van der Waals surface area contributed by atoms with Gasteiger partial charge in [-0.2, -0.15) is 0 Å². The van der Waals surface area contributed by atoms with Crippen molar-refractivity contribution in [3.05, 3.63) is 82.4 Å². The minimum Gasteiger partial charge on any atom is -0.345 e. The molecule has 2 atom stereocenters. The second-order valence-corrected chi connectivity index (χ2v) is 9.06. The molecule has 1 aromatic heterocycles. The fourth-order valence-corrected chi connectivity index (χ4v) is 4.94. The molecule has 0 bridgehead atoms. The van der Waals surface area contributed by atoms with Crippen molar-refractivity contribution >= 4 is 5.91 Å². The monoisotopic (exact) mass is 415 g/mol. The molecule has 1 N–H and O–H groups in total. The molecule has 0 unspecified atom stereocenters. The third-order valence-electron chi connectivity index (χ3n) is 6.82. The van der Waals surface area contributed by atoms with Crippen LogP contribution in [0.5, 0.6) is 0 Å². The van der Waals surface area contributed by atoms with Crippen LogP contribution in [0.15, 0.2) is 48.5 Å². The highest BCUT2D eigenvalue weighted by Crippen LogP contribution is 2.33. The van der Waals surface area contributed by atoms with E-state index < -0.39 is 0 Å². The molecule has 1 amide bonds. The van der Waals surface area contributed by atoms with E-state index in [0.717, 1.165) is 44.0 Å². The maximum atomic E-state index is 12.8. The minimum absolute atomic E-state index is 0.147. The molecule has 0 saturated carbocycles. The zero-order valence-corrected chi connectivity index (χ0v) is 18.2. The van der Waals surface area contributed by atoms with Gasteiger partial charge in [0.05, 0.1) is 0 Å². The van der Waals surface area contributed by atoms with Crippen LogP contribution in [-0.4, -0.2) is 38.7 Å². The average molecular weight is 416 g/mol. The van der Waals surface area contributed by atoms with E-state index in [1.807, 2.05) is 34.9 Å². The largest absolute Gasteiger partial charge is 0.345 e. The molecule has 0 aliphatic carbocycles. The first kappa shape index (κ1) is 19.9. The molecule has 2 aliphatic rings. The molecule has 31 heavy (non-hydrogen) atoms. The number of nitrogens with one attached hydrogen (secondary N) is 1. The molecule has 1 saturated heterocycles. The second-order valence-electron chi connectivity index (χ2n) is 9.06. The van der Waals surface area contributed by atoms with Gasteiger partial charge in [0, 0.05) is 39.1 Å². The quantitative estimate of drug-likeness (QED) is 0.695. The maximum absolute atomic E-state index is 12.8. The van der Waals surface area contributed by atoms with Crippen LogP contribution in [0.25, 0.3) is 0 Å². The summed E-state index contributed by atoms with van der Waals surface area (Å²) in [5, 5.41) is 11.6. The highest BCUT2D eigenvalue weighted by atomic mass is 16.2. The van der Waals surface area contributed by atoms with E-state index in [-0.39, 0.29) is 5.91 Å². The van der Waals surface area contributed by atoms with Crippen molar-refractivity contribution in [2.75, 3.05) is 13.1 Å². The summed E-state index contributed by atoms with van der Waals surface area (Å²) in [5.74, 6) is 2.36. The van der Waals surface area contributed by atoms with Crippen LogP contribution in [0, 0.1) is 25.7 Å².